The Morgan fingerprint density at radius 2 is 1.83 bits per heavy atom. The normalized spacial score (nSPS) is 16.0. The van der Waals surface area contributed by atoms with Crippen molar-refractivity contribution in [2.75, 3.05) is 57.9 Å². The van der Waals surface area contributed by atoms with Crippen molar-refractivity contribution in [1.29, 1.82) is 0 Å². The van der Waals surface area contributed by atoms with E-state index >= 15 is 0 Å². The molecule has 0 atom stereocenters. The average Bonchev–Trinajstić information content (AvgIpc) is 3.32. The number of thiocarbonyl (C=S) groups is 1. The summed E-state index contributed by atoms with van der Waals surface area (Å²) in [5, 5.41) is 12.3. The van der Waals surface area contributed by atoms with Gasteiger partial charge in [-0.15, -0.1) is 0 Å². The van der Waals surface area contributed by atoms with Gasteiger partial charge >= 0.3 is 5.97 Å². The second kappa shape index (κ2) is 16.2. The molecule has 5 rings (SSSR count). The summed E-state index contributed by atoms with van der Waals surface area (Å²) < 4.78 is 17.6. The fourth-order valence-corrected chi connectivity index (χ4v) is 6.60. The van der Waals surface area contributed by atoms with Crippen LogP contribution in [0.2, 0.25) is 5.02 Å². The molecule has 246 valence electrons. The first-order chi connectivity index (χ1) is 22.7. The number of ether oxygens (including phenoxy) is 3. The summed E-state index contributed by atoms with van der Waals surface area (Å²) in [4.78, 5) is 41.3. The zero-order valence-electron chi connectivity index (χ0n) is 25.7. The van der Waals surface area contributed by atoms with Gasteiger partial charge in [-0.2, -0.15) is 0 Å². The lowest BCUT2D eigenvalue weighted by molar-refractivity contribution is -0.122. The summed E-state index contributed by atoms with van der Waals surface area (Å²) in [6.07, 6.45) is 1.77. The second-order valence-electron chi connectivity index (χ2n) is 10.6. The second-order valence-corrected chi connectivity index (χ2v) is 12.7. The van der Waals surface area contributed by atoms with Gasteiger partial charge in [0.15, 0.2) is 0 Å². The number of carboxylic acids is 1. The van der Waals surface area contributed by atoms with Gasteiger partial charge in [-0.05, 0) is 73.2 Å². The largest absolute Gasteiger partial charge is 0.494 e. The molecule has 0 spiro atoms. The van der Waals surface area contributed by atoms with Crippen molar-refractivity contribution in [3.8, 4) is 22.6 Å². The minimum Gasteiger partial charge on any atom is -0.494 e. The maximum atomic E-state index is 13.5. The van der Waals surface area contributed by atoms with Crippen molar-refractivity contribution in [1.82, 2.24) is 9.80 Å². The highest BCUT2D eigenvalue weighted by Crippen LogP contribution is 2.38. The smallest absolute Gasteiger partial charge is 0.335 e. The molecule has 2 saturated heterocycles. The Morgan fingerprint density at radius 1 is 1.06 bits per heavy atom. The maximum absolute atomic E-state index is 13.5. The summed E-state index contributed by atoms with van der Waals surface area (Å²) in [7, 11) is 0. The van der Waals surface area contributed by atoms with E-state index in [2.05, 4.69) is 10.2 Å². The summed E-state index contributed by atoms with van der Waals surface area (Å²) in [5.74, 6) is -0.395. The Kier molecular flexibility index (Phi) is 11.9. The number of thioether (sulfide) groups is 1. The van der Waals surface area contributed by atoms with E-state index in [0.29, 0.717) is 63.4 Å². The van der Waals surface area contributed by atoms with Crippen LogP contribution in [-0.4, -0.2) is 89.6 Å². The monoisotopic (exact) mass is 695 g/mol. The number of nitrogens with one attached hydrogen (secondary N) is 1. The number of rotatable bonds is 13. The van der Waals surface area contributed by atoms with Gasteiger partial charge in [-0.3, -0.25) is 19.4 Å². The number of amides is 2. The van der Waals surface area contributed by atoms with Gasteiger partial charge in [0, 0.05) is 49.4 Å². The standard InChI is InChI=1S/C34H34ClN3O7S2/c1-2-44-26-8-9-27(28(35)21-26)23-5-10-29(45-18-15-37-13-16-43-17-14-37)24(19-23)20-30-32(40)38(34(46)47-30)12-11-31(39)36-25-6-3-22(4-7-25)33(41)42/h3-10,19-21H,2,11-18H2,1H3,(H,36,39)(H,41,42). The van der Waals surface area contributed by atoms with Crippen LogP contribution in [0.15, 0.2) is 65.6 Å². The molecule has 3 aromatic rings. The van der Waals surface area contributed by atoms with Crippen molar-refractivity contribution < 1.29 is 33.7 Å². The first kappa shape index (κ1) is 34.4. The molecule has 0 aromatic heterocycles. The van der Waals surface area contributed by atoms with Gasteiger partial charge in [0.1, 0.15) is 22.4 Å². The molecule has 2 aliphatic rings. The van der Waals surface area contributed by atoms with Gasteiger partial charge in [0.05, 0.1) is 35.3 Å². The number of carboxylic acid groups (broad SMARTS) is 1. The maximum Gasteiger partial charge on any atom is 0.335 e. The lowest BCUT2D eigenvalue weighted by Gasteiger charge is -2.26. The number of anilines is 1. The van der Waals surface area contributed by atoms with Crippen molar-refractivity contribution in [3.63, 3.8) is 0 Å². The molecule has 0 bridgehead atoms. The molecule has 2 aliphatic heterocycles. The van der Waals surface area contributed by atoms with E-state index in [1.807, 2.05) is 37.3 Å². The molecule has 13 heteroatoms. The lowest BCUT2D eigenvalue weighted by atomic mass is 10.0. The van der Waals surface area contributed by atoms with Crippen molar-refractivity contribution in [2.45, 2.75) is 13.3 Å². The first-order valence-electron chi connectivity index (χ1n) is 15.1. The van der Waals surface area contributed by atoms with E-state index < -0.39 is 5.97 Å². The van der Waals surface area contributed by atoms with Crippen LogP contribution < -0.4 is 14.8 Å². The minimum absolute atomic E-state index is 0.00201. The molecule has 2 amide bonds. The van der Waals surface area contributed by atoms with Crippen molar-refractivity contribution in [3.05, 3.63) is 81.7 Å². The van der Waals surface area contributed by atoms with Crippen molar-refractivity contribution >= 4 is 69.4 Å². The highest BCUT2D eigenvalue weighted by Gasteiger charge is 2.32. The van der Waals surface area contributed by atoms with Crippen LogP contribution >= 0.6 is 35.6 Å². The first-order valence-corrected chi connectivity index (χ1v) is 16.7. The number of carbonyl (C=O) groups excluding carboxylic acids is 2. The Labute approximate surface area is 287 Å². The fraction of sp³-hybridized carbons (Fsp3) is 0.294. The number of carbonyl (C=O) groups is 3. The molecular formula is C34H34ClN3O7S2. The van der Waals surface area contributed by atoms with Crippen molar-refractivity contribution in [2.24, 2.45) is 0 Å². The molecule has 0 aliphatic carbocycles. The molecule has 0 radical (unpaired) electrons. The topological polar surface area (TPSA) is 118 Å². The predicted octanol–water partition coefficient (Wildman–Crippen LogP) is 6.04. The summed E-state index contributed by atoms with van der Waals surface area (Å²) >= 11 is 13.3. The zero-order valence-corrected chi connectivity index (χ0v) is 28.1. The molecular weight excluding hydrogens is 662 g/mol. The van der Waals surface area contributed by atoms with Crippen LogP contribution in [0.3, 0.4) is 0 Å². The predicted molar refractivity (Wildman–Crippen MR) is 187 cm³/mol. The summed E-state index contributed by atoms with van der Waals surface area (Å²) in [6.45, 7) is 6.83. The van der Waals surface area contributed by atoms with Crippen LogP contribution in [0.25, 0.3) is 17.2 Å². The Balaban J connectivity index is 1.31. The third-order valence-electron chi connectivity index (χ3n) is 7.48. The van der Waals surface area contributed by atoms with Gasteiger partial charge in [0.25, 0.3) is 5.91 Å². The third kappa shape index (κ3) is 9.11. The van der Waals surface area contributed by atoms with E-state index in [1.54, 1.807) is 12.1 Å². The summed E-state index contributed by atoms with van der Waals surface area (Å²) in [6, 6.07) is 17.1. The van der Waals surface area contributed by atoms with E-state index in [1.165, 1.54) is 40.9 Å². The van der Waals surface area contributed by atoms with Crippen LogP contribution in [-0.2, 0) is 14.3 Å². The van der Waals surface area contributed by atoms with E-state index in [-0.39, 0.29) is 30.3 Å². The molecule has 0 unspecified atom stereocenters. The van der Waals surface area contributed by atoms with E-state index in [4.69, 9.17) is 43.1 Å². The molecule has 10 nitrogen and oxygen atoms in total. The SMILES string of the molecule is CCOc1ccc(-c2ccc(OCCN3CCOCC3)c(C=C3SC(=S)N(CCC(=O)Nc4ccc(C(=O)O)cc4)C3=O)c2)c(Cl)c1. The lowest BCUT2D eigenvalue weighted by Crippen LogP contribution is -2.38. The van der Waals surface area contributed by atoms with Crippen LogP contribution in [0.1, 0.15) is 29.3 Å². The molecule has 2 fully saturated rings. The number of aromatic carboxylic acids is 1. The Bertz CT molecular complexity index is 1680. The van der Waals surface area contributed by atoms with Crippen LogP contribution in [0.5, 0.6) is 11.5 Å². The zero-order chi connectivity index (χ0) is 33.3. The number of hydrogen-bond donors (Lipinski definition) is 2. The molecule has 2 heterocycles. The Morgan fingerprint density at radius 3 is 2.53 bits per heavy atom. The number of halogens is 1. The third-order valence-corrected chi connectivity index (χ3v) is 9.17. The van der Waals surface area contributed by atoms with Crippen LogP contribution in [0.4, 0.5) is 5.69 Å². The quantitative estimate of drug-likeness (QED) is 0.162. The number of hydrogen-bond acceptors (Lipinski definition) is 9. The molecule has 2 N–H and O–H groups in total. The van der Waals surface area contributed by atoms with E-state index in [0.717, 1.165) is 30.8 Å². The van der Waals surface area contributed by atoms with Gasteiger partial charge < -0.3 is 24.6 Å². The minimum atomic E-state index is -1.05. The fourth-order valence-electron chi connectivity index (χ4n) is 5.02. The molecule has 0 saturated carbocycles. The Hall–Kier alpha value is -3.94. The van der Waals surface area contributed by atoms with Gasteiger partial charge in [-0.1, -0.05) is 41.6 Å². The number of benzene rings is 3. The molecule has 3 aromatic carbocycles. The number of morpholine rings is 1. The van der Waals surface area contributed by atoms with Crippen LogP contribution in [0, 0.1) is 0 Å². The van der Waals surface area contributed by atoms with Gasteiger partial charge in [-0.25, -0.2) is 4.79 Å². The van der Waals surface area contributed by atoms with E-state index in [9.17, 15) is 14.4 Å². The highest BCUT2D eigenvalue weighted by atomic mass is 35.5. The molecule has 47 heavy (non-hydrogen) atoms. The number of nitrogens with zero attached hydrogens (tertiary/aromatic N) is 2. The average molecular weight is 696 g/mol. The summed E-state index contributed by atoms with van der Waals surface area (Å²) in [5.41, 5.74) is 2.91. The van der Waals surface area contributed by atoms with Gasteiger partial charge in [0.2, 0.25) is 5.91 Å². The highest BCUT2D eigenvalue weighted by molar-refractivity contribution is 8.26.